The number of hydrogen-bond acceptors (Lipinski definition) is 5. The lowest BCUT2D eigenvalue weighted by atomic mass is 10.3. The van der Waals surface area contributed by atoms with Gasteiger partial charge in [0.15, 0.2) is 5.75 Å². The summed E-state index contributed by atoms with van der Waals surface area (Å²) in [6, 6.07) is 3.91. The van der Waals surface area contributed by atoms with Crippen LogP contribution in [0.1, 0.15) is 5.56 Å². The van der Waals surface area contributed by atoms with Crippen molar-refractivity contribution in [2.45, 2.75) is 5.88 Å². The highest BCUT2D eigenvalue weighted by Gasteiger charge is 2.12. The maximum Gasteiger partial charge on any atom is 0.321 e. The summed E-state index contributed by atoms with van der Waals surface area (Å²) in [6.07, 6.45) is 3.00. The van der Waals surface area contributed by atoms with E-state index in [4.69, 9.17) is 27.9 Å². The zero-order chi connectivity index (χ0) is 13.8. The fourth-order valence-corrected chi connectivity index (χ4v) is 1.54. The Morgan fingerprint density at radius 1 is 1.32 bits per heavy atom. The number of halogens is 2. The number of nitro benzene ring substituents is 1. The molecule has 0 spiro atoms. The number of non-ortho nitro benzene ring substituents is 1. The van der Waals surface area contributed by atoms with Gasteiger partial charge in [0.1, 0.15) is 0 Å². The van der Waals surface area contributed by atoms with Gasteiger partial charge in [0, 0.05) is 24.0 Å². The largest absolute Gasteiger partial charge is 0.422 e. The number of alkyl halides is 1. The van der Waals surface area contributed by atoms with E-state index in [0.29, 0.717) is 0 Å². The molecule has 19 heavy (non-hydrogen) atoms. The molecule has 0 aliphatic heterocycles. The third-order valence-corrected chi connectivity index (χ3v) is 2.78. The second-order valence-electron chi connectivity index (χ2n) is 3.48. The number of nitrogens with zero attached hydrogens (tertiary/aromatic N) is 3. The predicted octanol–water partition coefficient (Wildman–Crippen LogP) is 3.57. The van der Waals surface area contributed by atoms with E-state index in [-0.39, 0.29) is 28.3 Å². The molecule has 6 nitrogen and oxygen atoms in total. The molecule has 2 aromatic rings. The Labute approximate surface area is 118 Å². The molecule has 98 valence electrons. The molecule has 0 atom stereocenters. The Balaban J connectivity index is 2.26. The van der Waals surface area contributed by atoms with Crippen LogP contribution in [0.3, 0.4) is 0 Å². The van der Waals surface area contributed by atoms with Crippen LogP contribution in [0, 0.1) is 10.1 Å². The third kappa shape index (κ3) is 3.30. The fourth-order valence-electron chi connectivity index (χ4n) is 1.25. The van der Waals surface area contributed by atoms with Crippen molar-refractivity contribution in [1.82, 2.24) is 9.97 Å². The van der Waals surface area contributed by atoms with Crippen LogP contribution in [0.4, 0.5) is 5.69 Å². The molecule has 1 aromatic carbocycles. The van der Waals surface area contributed by atoms with E-state index in [9.17, 15) is 10.1 Å². The Hall–Kier alpha value is -1.92. The minimum absolute atomic E-state index is 0.0382. The topological polar surface area (TPSA) is 78.2 Å². The van der Waals surface area contributed by atoms with Crippen molar-refractivity contribution in [3.05, 3.63) is 51.3 Å². The van der Waals surface area contributed by atoms with Gasteiger partial charge in [-0.25, -0.2) is 9.97 Å². The van der Waals surface area contributed by atoms with Gasteiger partial charge >= 0.3 is 6.01 Å². The monoisotopic (exact) mass is 299 g/mol. The van der Waals surface area contributed by atoms with Gasteiger partial charge in [-0.1, -0.05) is 11.6 Å². The summed E-state index contributed by atoms with van der Waals surface area (Å²) in [7, 11) is 0. The molecule has 0 radical (unpaired) electrons. The number of ether oxygens (including phenoxy) is 1. The van der Waals surface area contributed by atoms with Gasteiger partial charge in [-0.05, 0) is 6.07 Å². The summed E-state index contributed by atoms with van der Waals surface area (Å²) in [5, 5.41) is 10.9. The first-order chi connectivity index (χ1) is 9.10. The number of hydrogen-bond donors (Lipinski definition) is 0. The average molecular weight is 300 g/mol. The van der Waals surface area contributed by atoms with Crippen molar-refractivity contribution in [3.8, 4) is 11.8 Å². The van der Waals surface area contributed by atoms with Gasteiger partial charge in [-0.15, -0.1) is 11.6 Å². The molecule has 0 aliphatic carbocycles. The minimum atomic E-state index is -0.541. The van der Waals surface area contributed by atoms with E-state index in [2.05, 4.69) is 9.97 Å². The Morgan fingerprint density at radius 2 is 2.00 bits per heavy atom. The fraction of sp³-hybridized carbons (Fsp3) is 0.0909. The number of nitro groups is 1. The first kappa shape index (κ1) is 13.5. The molecular formula is C11H7Cl2N3O3. The zero-order valence-corrected chi connectivity index (χ0v) is 10.9. The van der Waals surface area contributed by atoms with Gasteiger partial charge in [-0.3, -0.25) is 10.1 Å². The quantitative estimate of drug-likeness (QED) is 0.490. The standard InChI is InChI=1S/C11H7Cl2N3O3/c12-4-7-5-14-11(15-6-7)19-10-3-8(16(17)18)1-2-9(10)13/h1-3,5-6H,4H2. The van der Waals surface area contributed by atoms with Crippen LogP contribution in [0.25, 0.3) is 0 Å². The molecule has 0 amide bonds. The molecule has 0 saturated carbocycles. The number of benzene rings is 1. The van der Waals surface area contributed by atoms with Crippen molar-refractivity contribution >= 4 is 28.9 Å². The van der Waals surface area contributed by atoms with Gasteiger partial charge in [0.25, 0.3) is 5.69 Å². The van der Waals surface area contributed by atoms with Crippen LogP contribution in [0.5, 0.6) is 11.8 Å². The molecule has 2 rings (SSSR count). The van der Waals surface area contributed by atoms with E-state index in [1.165, 1.54) is 30.6 Å². The van der Waals surface area contributed by atoms with Gasteiger partial charge in [0.05, 0.1) is 21.9 Å². The Kier molecular flexibility index (Phi) is 4.13. The van der Waals surface area contributed by atoms with Crippen LogP contribution in [0.15, 0.2) is 30.6 Å². The van der Waals surface area contributed by atoms with Crippen LogP contribution in [-0.2, 0) is 5.88 Å². The van der Waals surface area contributed by atoms with E-state index >= 15 is 0 Å². The Bertz CT molecular complexity index is 605. The van der Waals surface area contributed by atoms with Crippen LogP contribution in [-0.4, -0.2) is 14.9 Å². The lowest BCUT2D eigenvalue weighted by Gasteiger charge is -2.05. The highest BCUT2D eigenvalue weighted by Crippen LogP contribution is 2.31. The number of rotatable bonds is 4. The predicted molar refractivity (Wildman–Crippen MR) is 69.8 cm³/mol. The summed E-state index contributed by atoms with van der Waals surface area (Å²) in [5.41, 5.74) is 0.607. The van der Waals surface area contributed by atoms with E-state index in [1.54, 1.807) is 0 Å². The van der Waals surface area contributed by atoms with Crippen LogP contribution in [0.2, 0.25) is 5.02 Å². The maximum absolute atomic E-state index is 10.7. The second-order valence-corrected chi connectivity index (χ2v) is 4.16. The smallest absolute Gasteiger partial charge is 0.321 e. The second kappa shape index (κ2) is 5.81. The molecule has 1 heterocycles. The van der Waals surface area contributed by atoms with Crippen molar-refractivity contribution in [2.24, 2.45) is 0 Å². The highest BCUT2D eigenvalue weighted by atomic mass is 35.5. The molecule has 0 unspecified atom stereocenters. The van der Waals surface area contributed by atoms with Crippen molar-refractivity contribution in [2.75, 3.05) is 0 Å². The first-order valence-electron chi connectivity index (χ1n) is 5.09. The maximum atomic E-state index is 10.7. The average Bonchev–Trinajstić information content (AvgIpc) is 2.42. The lowest BCUT2D eigenvalue weighted by Crippen LogP contribution is -1.95. The minimum Gasteiger partial charge on any atom is -0.422 e. The van der Waals surface area contributed by atoms with Gasteiger partial charge in [0.2, 0.25) is 0 Å². The molecule has 0 bridgehead atoms. The van der Waals surface area contributed by atoms with Gasteiger partial charge in [-0.2, -0.15) is 0 Å². The third-order valence-electron chi connectivity index (χ3n) is 2.16. The Morgan fingerprint density at radius 3 is 2.58 bits per heavy atom. The highest BCUT2D eigenvalue weighted by molar-refractivity contribution is 6.32. The number of aromatic nitrogens is 2. The van der Waals surface area contributed by atoms with E-state index < -0.39 is 4.92 Å². The van der Waals surface area contributed by atoms with E-state index in [0.717, 1.165) is 5.56 Å². The summed E-state index contributed by atoms with van der Waals surface area (Å²) in [4.78, 5) is 17.9. The first-order valence-corrected chi connectivity index (χ1v) is 6.00. The lowest BCUT2D eigenvalue weighted by molar-refractivity contribution is -0.384. The zero-order valence-electron chi connectivity index (χ0n) is 9.42. The van der Waals surface area contributed by atoms with Crippen LogP contribution >= 0.6 is 23.2 Å². The summed E-state index contributed by atoms with van der Waals surface area (Å²) in [6.45, 7) is 0. The molecule has 0 fully saturated rings. The van der Waals surface area contributed by atoms with E-state index in [1.807, 2.05) is 0 Å². The molecule has 0 aliphatic rings. The van der Waals surface area contributed by atoms with Crippen LogP contribution < -0.4 is 4.74 Å². The summed E-state index contributed by atoms with van der Waals surface area (Å²) >= 11 is 11.5. The molecule has 8 heteroatoms. The molecule has 1 aromatic heterocycles. The SMILES string of the molecule is O=[N+]([O-])c1ccc(Cl)c(Oc2ncc(CCl)cn2)c1. The van der Waals surface area contributed by atoms with Gasteiger partial charge < -0.3 is 4.74 Å². The summed E-state index contributed by atoms with van der Waals surface area (Å²) in [5.74, 6) is 0.409. The summed E-state index contributed by atoms with van der Waals surface area (Å²) < 4.78 is 5.30. The molecular weight excluding hydrogens is 293 g/mol. The van der Waals surface area contributed by atoms with Crippen molar-refractivity contribution < 1.29 is 9.66 Å². The normalized spacial score (nSPS) is 10.2. The van der Waals surface area contributed by atoms with Crippen molar-refractivity contribution in [3.63, 3.8) is 0 Å². The molecule has 0 N–H and O–H groups in total. The van der Waals surface area contributed by atoms with Crippen molar-refractivity contribution in [1.29, 1.82) is 0 Å². The molecule has 0 saturated heterocycles.